The Hall–Kier alpha value is -3.96. The zero-order valence-electron chi connectivity index (χ0n) is 23.7. The van der Waals surface area contributed by atoms with Gasteiger partial charge in [0, 0.05) is 37.6 Å². The Morgan fingerprint density at radius 3 is 2.60 bits per heavy atom. The van der Waals surface area contributed by atoms with E-state index < -0.39 is 20.9 Å². The smallest absolute Gasteiger partial charge is 0.191 e. The molecule has 3 aromatic heterocycles. The van der Waals surface area contributed by atoms with Gasteiger partial charge in [0.15, 0.2) is 10.8 Å². The molecule has 3 heterocycles. The van der Waals surface area contributed by atoms with Crippen LogP contribution >= 0.6 is 0 Å². The molecule has 2 aliphatic carbocycles. The number of rotatable bonds is 7. The van der Waals surface area contributed by atoms with Crippen LogP contribution in [0.25, 0.3) is 11.8 Å². The van der Waals surface area contributed by atoms with E-state index in [0.29, 0.717) is 36.4 Å². The van der Waals surface area contributed by atoms with Crippen molar-refractivity contribution in [3.8, 4) is 5.69 Å². The molecule has 0 amide bonds. The molecule has 3 atom stereocenters. The number of ketones is 1. The number of pyridine rings is 1. The number of hydrogen-bond acceptors (Lipinski definition) is 5. The lowest BCUT2D eigenvalue weighted by molar-refractivity contribution is 0.0725. The number of halogens is 2. The summed E-state index contributed by atoms with van der Waals surface area (Å²) in [6.45, 7) is 3.93. The van der Waals surface area contributed by atoms with Crippen LogP contribution in [0.2, 0.25) is 0 Å². The summed E-state index contributed by atoms with van der Waals surface area (Å²) >= 11 is 0. The predicted molar refractivity (Wildman–Crippen MR) is 158 cm³/mol. The Labute approximate surface area is 243 Å². The van der Waals surface area contributed by atoms with E-state index in [1.54, 1.807) is 40.1 Å². The van der Waals surface area contributed by atoms with Crippen molar-refractivity contribution in [2.45, 2.75) is 56.6 Å². The van der Waals surface area contributed by atoms with Gasteiger partial charge in [-0.05, 0) is 87.4 Å². The molecule has 42 heavy (non-hydrogen) atoms. The molecule has 0 saturated heterocycles. The number of aryl methyl sites for hydroxylation is 1. The van der Waals surface area contributed by atoms with Crippen LogP contribution in [0.4, 0.5) is 8.78 Å². The predicted octanol–water partition coefficient (Wildman–Crippen LogP) is 5.04. The van der Waals surface area contributed by atoms with E-state index in [-0.39, 0.29) is 29.4 Å². The number of fused-ring (bicyclic) bond motifs is 2. The van der Waals surface area contributed by atoms with Gasteiger partial charge >= 0.3 is 0 Å². The number of carbonyl (C=O) groups excluding carboxylic acids is 1. The summed E-state index contributed by atoms with van der Waals surface area (Å²) < 4.78 is 47.6. The fraction of sp³-hybridized carbons (Fsp3) is 0.323. The fourth-order valence-electron chi connectivity index (χ4n) is 6.53. The third-order valence-electron chi connectivity index (χ3n) is 8.31. The molecule has 6 rings (SSSR count). The number of nitrogens with zero attached hydrogens (tertiary/aromatic N) is 6. The molecule has 1 unspecified atom stereocenters. The van der Waals surface area contributed by atoms with E-state index >= 15 is 0 Å². The van der Waals surface area contributed by atoms with E-state index in [9.17, 15) is 17.8 Å². The number of carbonyl (C=O) groups is 1. The molecule has 0 spiro atoms. The Morgan fingerprint density at radius 2 is 1.93 bits per heavy atom. The molecule has 8 nitrogen and oxygen atoms in total. The number of aromatic nitrogens is 5. The van der Waals surface area contributed by atoms with Gasteiger partial charge in [-0.15, -0.1) is 0 Å². The third-order valence-corrected chi connectivity index (χ3v) is 10.6. The van der Waals surface area contributed by atoms with Crippen LogP contribution in [0, 0.1) is 17.0 Å². The first kappa shape index (κ1) is 28.2. The van der Waals surface area contributed by atoms with Crippen molar-refractivity contribution < 1.29 is 17.8 Å². The maximum atomic E-state index is 14.4. The zero-order valence-corrected chi connectivity index (χ0v) is 24.5. The molecule has 218 valence electrons. The summed E-state index contributed by atoms with van der Waals surface area (Å²) in [5.74, 6) is 2.98. The molecule has 0 radical (unpaired) electrons. The fourth-order valence-corrected chi connectivity index (χ4v) is 8.63. The van der Waals surface area contributed by atoms with Crippen molar-refractivity contribution in [1.29, 1.82) is 0 Å². The van der Waals surface area contributed by atoms with Crippen LogP contribution in [-0.2, 0) is 23.2 Å². The molecule has 0 N–H and O–H groups in total. The van der Waals surface area contributed by atoms with Gasteiger partial charge in [0.05, 0.1) is 39.0 Å². The Balaban J connectivity index is 1.46. The number of hydrogen-bond donors (Lipinski definition) is 0. The van der Waals surface area contributed by atoms with Crippen molar-refractivity contribution in [2.24, 2.45) is 12.5 Å². The highest BCUT2D eigenvalue weighted by Crippen LogP contribution is 2.51. The Morgan fingerprint density at radius 1 is 1.17 bits per heavy atom. The van der Waals surface area contributed by atoms with Crippen LogP contribution in [-0.4, -0.2) is 56.6 Å². The molecule has 1 aromatic carbocycles. The lowest BCUT2D eigenvalue weighted by Crippen LogP contribution is -2.52. The SMILES string of the molecule is C=S(=O)(c1cn(C)cn1)N(C(C)C)[C@H]1CCC2=Cc3c(cnn3-c3ccc(F)cc3)C[C@]2(C(=O)c2cc(F)ccn2)C1. The second-order valence-corrected chi connectivity index (χ2v) is 13.5. The van der Waals surface area contributed by atoms with Gasteiger partial charge in [0.1, 0.15) is 17.3 Å². The Bertz CT molecular complexity index is 1810. The van der Waals surface area contributed by atoms with Gasteiger partial charge in [0.25, 0.3) is 0 Å². The van der Waals surface area contributed by atoms with Gasteiger partial charge in [-0.25, -0.2) is 27.0 Å². The molecule has 2 aliphatic rings. The first-order valence-corrected chi connectivity index (χ1v) is 15.5. The molecule has 0 bridgehead atoms. The van der Waals surface area contributed by atoms with Gasteiger partial charge < -0.3 is 4.57 Å². The molecule has 1 fully saturated rings. The highest BCUT2D eigenvalue weighted by molar-refractivity contribution is 7.98. The summed E-state index contributed by atoms with van der Waals surface area (Å²) in [6, 6.07) is 8.03. The van der Waals surface area contributed by atoms with Crippen LogP contribution in [0.5, 0.6) is 0 Å². The van der Waals surface area contributed by atoms with Crippen molar-refractivity contribution in [3.05, 3.63) is 95.5 Å². The van der Waals surface area contributed by atoms with Crippen molar-refractivity contribution >= 4 is 27.4 Å². The molecule has 0 aliphatic heterocycles. The average molecular weight is 591 g/mol. The van der Waals surface area contributed by atoms with Crippen molar-refractivity contribution in [3.63, 3.8) is 0 Å². The topological polar surface area (TPSA) is 85.9 Å². The van der Waals surface area contributed by atoms with E-state index in [1.165, 1.54) is 30.5 Å². The van der Waals surface area contributed by atoms with Crippen LogP contribution in [0.1, 0.15) is 54.9 Å². The molecular weight excluding hydrogens is 558 g/mol. The maximum absolute atomic E-state index is 14.4. The highest BCUT2D eigenvalue weighted by atomic mass is 32.2. The average Bonchev–Trinajstić information content (AvgIpc) is 3.57. The van der Waals surface area contributed by atoms with Gasteiger partial charge in [0.2, 0.25) is 0 Å². The first-order valence-electron chi connectivity index (χ1n) is 13.8. The lowest BCUT2D eigenvalue weighted by Gasteiger charge is -2.48. The van der Waals surface area contributed by atoms with Crippen molar-refractivity contribution in [2.75, 3.05) is 0 Å². The quantitative estimate of drug-likeness (QED) is 0.222. The van der Waals surface area contributed by atoms with Gasteiger partial charge in [-0.2, -0.15) is 5.10 Å². The summed E-state index contributed by atoms with van der Waals surface area (Å²) in [6.07, 6.45) is 10.2. The number of Topliss-reactive ketones (excluding diaryl/α,β-unsaturated/α-hetero) is 1. The third kappa shape index (κ3) is 4.70. The van der Waals surface area contributed by atoms with Crippen LogP contribution in [0.3, 0.4) is 0 Å². The number of imidazole rings is 1. The van der Waals surface area contributed by atoms with Crippen LogP contribution in [0.15, 0.2) is 71.9 Å². The summed E-state index contributed by atoms with van der Waals surface area (Å²) in [4.78, 5) is 23.0. The number of allylic oxidation sites excluding steroid dienone is 1. The summed E-state index contributed by atoms with van der Waals surface area (Å²) in [7, 11) is -1.17. The van der Waals surface area contributed by atoms with Gasteiger partial charge in [-0.3, -0.25) is 9.78 Å². The van der Waals surface area contributed by atoms with E-state index in [1.807, 2.05) is 31.3 Å². The number of benzene rings is 1. The maximum Gasteiger partial charge on any atom is 0.191 e. The van der Waals surface area contributed by atoms with Gasteiger partial charge in [-0.1, -0.05) is 5.57 Å². The minimum Gasteiger partial charge on any atom is -0.339 e. The molecule has 4 aromatic rings. The normalized spacial score (nSPS) is 21.5. The minimum atomic E-state index is -2.99. The molecule has 1 saturated carbocycles. The summed E-state index contributed by atoms with van der Waals surface area (Å²) in [5.41, 5.74) is 2.24. The zero-order chi connectivity index (χ0) is 29.8. The monoisotopic (exact) mass is 590 g/mol. The standard InChI is InChI=1S/C31H32F2N6O2S/c1-20(2)39(42(4,41)29-18-37(3)19-35-29)26-8-5-22-13-28-21(17-36-38(28)25-9-6-23(32)7-10-25)15-31(22,16-26)30(40)27-14-24(33)11-12-34-27/h6-7,9-14,17-20,26H,4-5,8,15-16H2,1-3H3/t26-,31-,42?/m0/s1. The lowest BCUT2D eigenvalue weighted by atomic mass is 9.60. The van der Waals surface area contributed by atoms with E-state index in [2.05, 4.69) is 20.9 Å². The largest absolute Gasteiger partial charge is 0.339 e. The second-order valence-electron chi connectivity index (χ2n) is 11.4. The highest BCUT2D eigenvalue weighted by Gasteiger charge is 2.51. The second kappa shape index (κ2) is 10.4. The Kier molecular flexibility index (Phi) is 6.97. The molecule has 11 heteroatoms. The van der Waals surface area contributed by atoms with E-state index in [4.69, 9.17) is 0 Å². The minimum absolute atomic E-state index is 0.0482. The summed E-state index contributed by atoms with van der Waals surface area (Å²) in [5, 5.41) is 4.97. The molecular formula is C31H32F2N6O2S. The van der Waals surface area contributed by atoms with Crippen molar-refractivity contribution in [1.82, 2.24) is 28.6 Å². The van der Waals surface area contributed by atoms with Crippen LogP contribution < -0.4 is 0 Å². The van der Waals surface area contributed by atoms with E-state index in [0.717, 1.165) is 16.8 Å². The first-order chi connectivity index (χ1) is 20.0.